The fourth-order valence-electron chi connectivity index (χ4n) is 1.83. The second kappa shape index (κ2) is 6.96. The van der Waals surface area contributed by atoms with Crippen LogP contribution in [0.25, 0.3) is 0 Å². The minimum atomic E-state index is -0.183. The van der Waals surface area contributed by atoms with Gasteiger partial charge in [-0.3, -0.25) is 4.79 Å². The number of hydrogen-bond donors (Lipinski definition) is 1. The summed E-state index contributed by atoms with van der Waals surface area (Å²) in [6.45, 7) is 2.99. The summed E-state index contributed by atoms with van der Waals surface area (Å²) < 4.78 is 5.42. The van der Waals surface area contributed by atoms with Gasteiger partial charge < -0.3 is 10.1 Å². The Morgan fingerprint density at radius 1 is 1.20 bits per heavy atom. The number of ether oxygens (including phenoxy) is 1. The molecule has 0 fully saturated rings. The number of carbonyl (C=O) groups excluding carboxylic acids is 1. The lowest BCUT2D eigenvalue weighted by Gasteiger charge is -2.08. The van der Waals surface area contributed by atoms with Gasteiger partial charge in [-0.15, -0.1) is 0 Å². The van der Waals surface area contributed by atoms with Crippen molar-refractivity contribution in [3.05, 3.63) is 64.7 Å². The monoisotopic (exact) mass is 289 g/mol. The smallest absolute Gasteiger partial charge is 0.253 e. The summed E-state index contributed by atoms with van der Waals surface area (Å²) in [5.41, 5.74) is 1.46. The van der Waals surface area contributed by atoms with Crippen molar-refractivity contribution in [2.45, 2.75) is 13.5 Å². The zero-order valence-electron chi connectivity index (χ0n) is 11.2. The number of nitrogens with one attached hydrogen (secondary N) is 1. The van der Waals surface area contributed by atoms with E-state index in [-0.39, 0.29) is 5.91 Å². The Kier molecular flexibility index (Phi) is 5.02. The SMILES string of the molecule is CCOc1cccc(CNC(=O)c2ccccc2Cl)c1. The van der Waals surface area contributed by atoms with Gasteiger partial charge in [-0.25, -0.2) is 0 Å². The average Bonchev–Trinajstić information content (AvgIpc) is 2.46. The summed E-state index contributed by atoms with van der Waals surface area (Å²) in [5.74, 6) is 0.620. The van der Waals surface area contributed by atoms with Crippen LogP contribution in [-0.2, 0) is 6.54 Å². The maximum absolute atomic E-state index is 12.0. The van der Waals surface area contributed by atoms with E-state index in [0.717, 1.165) is 11.3 Å². The molecule has 0 aliphatic carbocycles. The Morgan fingerprint density at radius 3 is 2.75 bits per heavy atom. The zero-order valence-corrected chi connectivity index (χ0v) is 12.0. The van der Waals surface area contributed by atoms with Crippen molar-refractivity contribution in [2.24, 2.45) is 0 Å². The highest BCUT2D eigenvalue weighted by atomic mass is 35.5. The van der Waals surface area contributed by atoms with E-state index in [0.29, 0.717) is 23.7 Å². The number of halogens is 1. The van der Waals surface area contributed by atoms with Gasteiger partial charge in [-0.2, -0.15) is 0 Å². The van der Waals surface area contributed by atoms with Crippen LogP contribution in [0.5, 0.6) is 5.75 Å². The second-order valence-electron chi connectivity index (χ2n) is 4.24. The third-order valence-electron chi connectivity index (χ3n) is 2.78. The summed E-state index contributed by atoms with van der Waals surface area (Å²) in [6.07, 6.45) is 0. The van der Waals surface area contributed by atoms with E-state index >= 15 is 0 Å². The van der Waals surface area contributed by atoms with Gasteiger partial charge in [0, 0.05) is 6.54 Å². The van der Waals surface area contributed by atoms with E-state index in [1.807, 2.05) is 31.2 Å². The molecule has 0 heterocycles. The predicted octanol–water partition coefficient (Wildman–Crippen LogP) is 3.67. The standard InChI is InChI=1S/C16H16ClNO2/c1-2-20-13-7-5-6-12(10-13)11-18-16(19)14-8-3-4-9-15(14)17/h3-10H,2,11H2,1H3,(H,18,19). The van der Waals surface area contributed by atoms with E-state index in [1.54, 1.807) is 24.3 Å². The average molecular weight is 290 g/mol. The van der Waals surface area contributed by atoms with Crippen LogP contribution in [0.1, 0.15) is 22.8 Å². The Labute approximate surface area is 123 Å². The van der Waals surface area contributed by atoms with Crippen LogP contribution in [0, 0.1) is 0 Å². The van der Waals surface area contributed by atoms with Crippen LogP contribution in [0.3, 0.4) is 0 Å². The number of amides is 1. The summed E-state index contributed by atoms with van der Waals surface area (Å²) in [6, 6.07) is 14.6. The minimum Gasteiger partial charge on any atom is -0.494 e. The molecule has 0 aliphatic rings. The molecule has 2 rings (SSSR count). The van der Waals surface area contributed by atoms with Gasteiger partial charge in [0.15, 0.2) is 0 Å². The van der Waals surface area contributed by atoms with Gasteiger partial charge >= 0.3 is 0 Å². The van der Waals surface area contributed by atoms with Gasteiger partial charge in [-0.05, 0) is 36.8 Å². The van der Waals surface area contributed by atoms with Gasteiger partial charge in [0.25, 0.3) is 5.91 Å². The summed E-state index contributed by atoms with van der Waals surface area (Å²) in [4.78, 5) is 12.0. The Bertz CT molecular complexity index is 599. The normalized spacial score (nSPS) is 10.1. The maximum atomic E-state index is 12.0. The first-order valence-electron chi connectivity index (χ1n) is 6.45. The second-order valence-corrected chi connectivity index (χ2v) is 4.65. The van der Waals surface area contributed by atoms with Crippen molar-refractivity contribution < 1.29 is 9.53 Å². The van der Waals surface area contributed by atoms with Crippen molar-refractivity contribution >= 4 is 17.5 Å². The Hall–Kier alpha value is -2.00. The molecule has 0 bridgehead atoms. The zero-order chi connectivity index (χ0) is 14.4. The Morgan fingerprint density at radius 2 is 2.00 bits per heavy atom. The van der Waals surface area contributed by atoms with Crippen molar-refractivity contribution in [3.63, 3.8) is 0 Å². The first-order valence-corrected chi connectivity index (χ1v) is 6.83. The van der Waals surface area contributed by atoms with Crippen LogP contribution in [0.2, 0.25) is 5.02 Å². The lowest BCUT2D eigenvalue weighted by Crippen LogP contribution is -2.23. The highest BCUT2D eigenvalue weighted by Crippen LogP contribution is 2.16. The topological polar surface area (TPSA) is 38.3 Å². The molecule has 20 heavy (non-hydrogen) atoms. The largest absolute Gasteiger partial charge is 0.494 e. The minimum absolute atomic E-state index is 0.183. The number of rotatable bonds is 5. The molecule has 3 nitrogen and oxygen atoms in total. The summed E-state index contributed by atoms with van der Waals surface area (Å²) in [5, 5.41) is 3.30. The molecule has 0 saturated heterocycles. The molecule has 0 spiro atoms. The molecule has 1 amide bonds. The molecule has 0 radical (unpaired) electrons. The van der Waals surface area contributed by atoms with Crippen LogP contribution < -0.4 is 10.1 Å². The first-order chi connectivity index (χ1) is 9.70. The molecule has 0 atom stereocenters. The van der Waals surface area contributed by atoms with E-state index in [2.05, 4.69) is 5.32 Å². The third-order valence-corrected chi connectivity index (χ3v) is 3.11. The molecule has 2 aromatic carbocycles. The number of benzene rings is 2. The molecule has 0 aliphatic heterocycles. The fraction of sp³-hybridized carbons (Fsp3) is 0.188. The highest BCUT2D eigenvalue weighted by Gasteiger charge is 2.08. The van der Waals surface area contributed by atoms with E-state index in [1.165, 1.54) is 0 Å². The van der Waals surface area contributed by atoms with Gasteiger partial charge in [0.2, 0.25) is 0 Å². The highest BCUT2D eigenvalue weighted by molar-refractivity contribution is 6.33. The Balaban J connectivity index is 2.00. The van der Waals surface area contributed by atoms with Crippen LogP contribution in [0.4, 0.5) is 0 Å². The molecule has 1 N–H and O–H groups in total. The van der Waals surface area contributed by atoms with Crippen LogP contribution in [0.15, 0.2) is 48.5 Å². The van der Waals surface area contributed by atoms with E-state index < -0.39 is 0 Å². The van der Waals surface area contributed by atoms with Gasteiger partial charge in [0.1, 0.15) is 5.75 Å². The van der Waals surface area contributed by atoms with Crippen LogP contribution in [-0.4, -0.2) is 12.5 Å². The first kappa shape index (κ1) is 14.4. The number of carbonyl (C=O) groups is 1. The molecule has 4 heteroatoms. The fourth-order valence-corrected chi connectivity index (χ4v) is 2.06. The van der Waals surface area contributed by atoms with Crippen molar-refractivity contribution in [3.8, 4) is 5.75 Å². The van der Waals surface area contributed by atoms with Crippen molar-refractivity contribution in [1.29, 1.82) is 0 Å². The van der Waals surface area contributed by atoms with E-state index in [9.17, 15) is 4.79 Å². The number of hydrogen-bond acceptors (Lipinski definition) is 2. The third kappa shape index (κ3) is 3.75. The molecule has 0 saturated carbocycles. The quantitative estimate of drug-likeness (QED) is 0.912. The predicted molar refractivity (Wildman–Crippen MR) is 80.2 cm³/mol. The molecular weight excluding hydrogens is 274 g/mol. The lowest BCUT2D eigenvalue weighted by atomic mass is 10.2. The molecule has 0 aromatic heterocycles. The molecule has 104 valence electrons. The van der Waals surface area contributed by atoms with E-state index in [4.69, 9.17) is 16.3 Å². The van der Waals surface area contributed by atoms with Crippen molar-refractivity contribution in [2.75, 3.05) is 6.61 Å². The lowest BCUT2D eigenvalue weighted by molar-refractivity contribution is 0.0951. The summed E-state index contributed by atoms with van der Waals surface area (Å²) >= 11 is 5.99. The van der Waals surface area contributed by atoms with Gasteiger partial charge in [-0.1, -0.05) is 35.9 Å². The summed E-state index contributed by atoms with van der Waals surface area (Å²) in [7, 11) is 0. The molecule has 0 unspecified atom stereocenters. The molecule has 2 aromatic rings. The van der Waals surface area contributed by atoms with Crippen molar-refractivity contribution in [1.82, 2.24) is 5.32 Å². The maximum Gasteiger partial charge on any atom is 0.253 e. The molecular formula is C16H16ClNO2. The van der Waals surface area contributed by atoms with Crippen LogP contribution >= 0.6 is 11.6 Å². The van der Waals surface area contributed by atoms with Gasteiger partial charge in [0.05, 0.1) is 17.2 Å².